The standard InChI is InChI=1S/C14H13BrN4O5S/c1-8-11(15)9(2)17-13(16-8)18-14(21)19-25(22,23)24-12(20)10-6-4-3-5-7-10/h3-7H,1-2H3,(H2,16,17,18,19,21). The molecule has 0 atom stereocenters. The lowest BCUT2D eigenvalue weighted by atomic mass is 10.2. The number of halogens is 1. The fourth-order valence-electron chi connectivity index (χ4n) is 1.74. The zero-order valence-electron chi connectivity index (χ0n) is 13.1. The van der Waals surface area contributed by atoms with Crippen molar-refractivity contribution in [2.45, 2.75) is 13.8 Å². The summed E-state index contributed by atoms with van der Waals surface area (Å²) in [5, 5.41) is 2.16. The average molecular weight is 429 g/mol. The lowest BCUT2D eigenvalue weighted by molar-refractivity contribution is 0.0745. The Morgan fingerprint density at radius 1 is 1.08 bits per heavy atom. The highest BCUT2D eigenvalue weighted by molar-refractivity contribution is 9.10. The predicted molar refractivity (Wildman–Crippen MR) is 92.1 cm³/mol. The third-order valence-electron chi connectivity index (χ3n) is 2.82. The fourth-order valence-corrected chi connectivity index (χ4v) is 2.53. The highest BCUT2D eigenvalue weighted by atomic mass is 79.9. The number of nitrogens with one attached hydrogen (secondary N) is 2. The summed E-state index contributed by atoms with van der Waals surface area (Å²) in [5.74, 6) is -1.22. The van der Waals surface area contributed by atoms with Crippen LogP contribution in [0.1, 0.15) is 21.7 Å². The van der Waals surface area contributed by atoms with E-state index >= 15 is 0 Å². The van der Waals surface area contributed by atoms with Gasteiger partial charge in [0.25, 0.3) is 0 Å². The van der Waals surface area contributed by atoms with Crippen molar-refractivity contribution < 1.29 is 22.2 Å². The van der Waals surface area contributed by atoms with Crippen molar-refractivity contribution in [3.63, 3.8) is 0 Å². The molecule has 0 spiro atoms. The number of rotatable bonds is 4. The van der Waals surface area contributed by atoms with Gasteiger partial charge in [-0.25, -0.2) is 24.3 Å². The molecule has 0 fully saturated rings. The molecular weight excluding hydrogens is 416 g/mol. The SMILES string of the molecule is Cc1nc(NC(=O)NS(=O)(=O)OC(=O)c2ccccc2)nc(C)c1Br. The van der Waals surface area contributed by atoms with Crippen molar-refractivity contribution >= 4 is 44.2 Å². The fraction of sp³-hybridized carbons (Fsp3) is 0.143. The largest absolute Gasteiger partial charge is 0.413 e. The summed E-state index contributed by atoms with van der Waals surface area (Å²) in [5.41, 5.74) is 1.14. The Balaban J connectivity index is 2.03. The van der Waals surface area contributed by atoms with Crippen LogP contribution in [-0.4, -0.2) is 30.4 Å². The minimum Gasteiger partial charge on any atom is -0.325 e. The van der Waals surface area contributed by atoms with E-state index in [1.165, 1.54) is 12.1 Å². The van der Waals surface area contributed by atoms with Crippen LogP contribution < -0.4 is 10.0 Å². The molecule has 0 aliphatic carbocycles. The monoisotopic (exact) mass is 428 g/mol. The van der Waals surface area contributed by atoms with Crippen molar-refractivity contribution in [1.29, 1.82) is 0 Å². The first kappa shape index (κ1) is 18.8. The van der Waals surface area contributed by atoms with Gasteiger partial charge in [0.05, 0.1) is 21.4 Å². The van der Waals surface area contributed by atoms with Crippen LogP contribution in [0.15, 0.2) is 34.8 Å². The molecule has 0 bridgehead atoms. The zero-order chi connectivity index (χ0) is 18.6. The second-order valence-corrected chi connectivity index (χ2v) is 6.85. The van der Waals surface area contributed by atoms with Gasteiger partial charge >= 0.3 is 22.3 Å². The van der Waals surface area contributed by atoms with E-state index in [4.69, 9.17) is 0 Å². The van der Waals surface area contributed by atoms with E-state index in [1.807, 2.05) is 0 Å². The van der Waals surface area contributed by atoms with Gasteiger partial charge in [0.15, 0.2) is 0 Å². The van der Waals surface area contributed by atoms with Crippen molar-refractivity contribution in [1.82, 2.24) is 14.7 Å². The van der Waals surface area contributed by atoms with E-state index < -0.39 is 22.3 Å². The lowest BCUT2D eigenvalue weighted by Gasteiger charge is -2.09. The number of amides is 2. The van der Waals surface area contributed by atoms with Gasteiger partial charge in [0.1, 0.15) is 0 Å². The molecule has 11 heteroatoms. The third kappa shape index (κ3) is 5.22. The molecule has 2 amide bonds. The molecule has 0 aliphatic rings. The molecule has 0 unspecified atom stereocenters. The molecule has 1 heterocycles. The molecule has 2 rings (SSSR count). The summed E-state index contributed by atoms with van der Waals surface area (Å²) in [6.45, 7) is 3.36. The Kier molecular flexibility index (Phi) is 5.69. The molecule has 1 aromatic heterocycles. The van der Waals surface area contributed by atoms with Crippen LogP contribution >= 0.6 is 15.9 Å². The molecule has 0 aliphatic heterocycles. The van der Waals surface area contributed by atoms with Gasteiger partial charge in [0.2, 0.25) is 5.95 Å². The normalized spacial score (nSPS) is 10.8. The summed E-state index contributed by atoms with van der Waals surface area (Å²) in [4.78, 5) is 31.5. The second-order valence-electron chi connectivity index (χ2n) is 4.78. The van der Waals surface area contributed by atoms with Crippen LogP contribution in [0.4, 0.5) is 10.7 Å². The van der Waals surface area contributed by atoms with E-state index in [1.54, 1.807) is 36.8 Å². The summed E-state index contributed by atoms with van der Waals surface area (Å²) >= 11 is 3.27. The van der Waals surface area contributed by atoms with E-state index in [0.29, 0.717) is 15.9 Å². The smallest absolute Gasteiger partial charge is 0.325 e. The number of nitrogens with zero attached hydrogens (tertiary/aromatic N) is 2. The third-order valence-corrected chi connectivity index (χ3v) is 4.77. The quantitative estimate of drug-likeness (QED) is 0.762. The predicted octanol–water partition coefficient (Wildman–Crippen LogP) is 2.08. The molecule has 25 heavy (non-hydrogen) atoms. The maximum Gasteiger partial charge on any atom is 0.413 e. The van der Waals surface area contributed by atoms with Crippen LogP contribution in [-0.2, 0) is 14.5 Å². The molecule has 1 aromatic carbocycles. The van der Waals surface area contributed by atoms with Crippen LogP contribution in [0.25, 0.3) is 0 Å². The number of hydrogen-bond donors (Lipinski definition) is 2. The van der Waals surface area contributed by atoms with Gasteiger partial charge in [-0.3, -0.25) is 5.32 Å². The summed E-state index contributed by atoms with van der Waals surface area (Å²) in [7, 11) is -4.65. The number of carbonyl (C=O) groups excluding carboxylic acids is 2. The Hall–Kier alpha value is -2.53. The Morgan fingerprint density at radius 2 is 1.64 bits per heavy atom. The highest BCUT2D eigenvalue weighted by Gasteiger charge is 2.22. The maximum atomic E-state index is 11.8. The number of anilines is 1. The average Bonchev–Trinajstić information content (AvgIpc) is 2.52. The number of hydrogen-bond acceptors (Lipinski definition) is 7. The Morgan fingerprint density at radius 3 is 2.20 bits per heavy atom. The summed E-state index contributed by atoms with van der Waals surface area (Å²) in [6, 6.07) is 6.32. The van der Waals surface area contributed by atoms with Gasteiger partial charge in [-0.15, -0.1) is 0 Å². The van der Waals surface area contributed by atoms with Crippen molar-refractivity contribution in [2.24, 2.45) is 0 Å². The first-order valence-electron chi connectivity index (χ1n) is 6.81. The molecule has 9 nitrogen and oxygen atoms in total. The maximum absolute atomic E-state index is 11.8. The van der Waals surface area contributed by atoms with Crippen molar-refractivity contribution in [3.05, 3.63) is 51.8 Å². The minimum atomic E-state index is -4.65. The summed E-state index contributed by atoms with van der Waals surface area (Å²) in [6.07, 6.45) is 0. The second kappa shape index (κ2) is 7.57. The molecule has 0 radical (unpaired) electrons. The topological polar surface area (TPSA) is 127 Å². The highest BCUT2D eigenvalue weighted by Crippen LogP contribution is 2.18. The number of urea groups is 1. The van der Waals surface area contributed by atoms with Gasteiger partial charge in [-0.2, -0.15) is 8.42 Å². The zero-order valence-corrected chi connectivity index (χ0v) is 15.5. The van der Waals surface area contributed by atoms with Crippen LogP contribution in [0, 0.1) is 13.8 Å². The molecule has 0 saturated heterocycles. The number of aryl methyl sites for hydroxylation is 2. The van der Waals surface area contributed by atoms with Crippen LogP contribution in [0.2, 0.25) is 0 Å². The van der Waals surface area contributed by atoms with Crippen molar-refractivity contribution in [3.8, 4) is 0 Å². The molecule has 132 valence electrons. The number of aromatic nitrogens is 2. The molecular formula is C14H13BrN4O5S. The van der Waals surface area contributed by atoms with Gasteiger partial charge in [-0.05, 0) is 41.9 Å². The van der Waals surface area contributed by atoms with E-state index in [-0.39, 0.29) is 11.5 Å². The molecule has 2 N–H and O–H groups in total. The van der Waals surface area contributed by atoms with Gasteiger partial charge < -0.3 is 4.18 Å². The first-order chi connectivity index (χ1) is 11.7. The van der Waals surface area contributed by atoms with Crippen molar-refractivity contribution in [2.75, 3.05) is 5.32 Å². The Labute approximate surface area is 152 Å². The molecule has 0 saturated carbocycles. The van der Waals surface area contributed by atoms with Gasteiger partial charge in [0, 0.05) is 0 Å². The van der Waals surface area contributed by atoms with E-state index in [2.05, 4.69) is 35.4 Å². The molecule has 2 aromatic rings. The Bertz CT molecular complexity index is 895. The van der Waals surface area contributed by atoms with Gasteiger partial charge in [-0.1, -0.05) is 18.2 Å². The van der Waals surface area contributed by atoms with Crippen LogP contribution in [0.5, 0.6) is 0 Å². The summed E-state index contributed by atoms with van der Waals surface area (Å²) < 4.78 is 30.0. The lowest BCUT2D eigenvalue weighted by Crippen LogP contribution is -2.37. The minimum absolute atomic E-state index is 0.0239. The number of carbonyl (C=O) groups is 2. The van der Waals surface area contributed by atoms with Crippen LogP contribution in [0.3, 0.4) is 0 Å². The van der Waals surface area contributed by atoms with E-state index in [0.717, 1.165) is 0 Å². The number of benzene rings is 1. The first-order valence-corrected chi connectivity index (χ1v) is 9.01. The van der Waals surface area contributed by atoms with E-state index in [9.17, 15) is 18.0 Å².